The second kappa shape index (κ2) is 7.21. The van der Waals surface area contributed by atoms with E-state index in [9.17, 15) is 13.2 Å². The van der Waals surface area contributed by atoms with Gasteiger partial charge in [-0.25, -0.2) is 17.9 Å². The highest BCUT2D eigenvalue weighted by Crippen LogP contribution is 2.24. The van der Waals surface area contributed by atoms with Crippen LogP contribution < -0.4 is 4.72 Å². The summed E-state index contributed by atoms with van der Waals surface area (Å²) in [4.78, 5) is 13.3. The third-order valence-electron chi connectivity index (χ3n) is 4.62. The van der Waals surface area contributed by atoms with Crippen LogP contribution >= 0.6 is 0 Å². The first-order chi connectivity index (χ1) is 11.1. The van der Waals surface area contributed by atoms with Gasteiger partial charge in [0.05, 0.1) is 10.5 Å². The topological polar surface area (TPSA) is 86.7 Å². The number of piperidine rings is 1. The zero-order valence-corrected chi connectivity index (χ0v) is 15.3. The molecule has 2 N–H and O–H groups in total. The summed E-state index contributed by atoms with van der Waals surface area (Å²) in [5.74, 6) is -0.453. The van der Waals surface area contributed by atoms with Gasteiger partial charge in [-0.15, -0.1) is 0 Å². The number of sulfonamides is 1. The summed E-state index contributed by atoms with van der Waals surface area (Å²) in [6.45, 7) is 8.57. The molecule has 0 aromatic heterocycles. The second-order valence-corrected chi connectivity index (χ2v) is 8.93. The lowest BCUT2D eigenvalue weighted by atomic mass is 9.94. The molecule has 0 amide bonds. The monoisotopic (exact) mass is 354 g/mol. The fourth-order valence-corrected chi connectivity index (χ4v) is 4.19. The number of hydrogen-bond donors (Lipinski definition) is 2. The van der Waals surface area contributed by atoms with Gasteiger partial charge >= 0.3 is 5.97 Å². The minimum Gasteiger partial charge on any atom is -0.478 e. The number of carboxylic acids is 1. The van der Waals surface area contributed by atoms with Gasteiger partial charge in [-0.05, 0) is 63.4 Å². The van der Waals surface area contributed by atoms with Crippen LogP contribution in [0.2, 0.25) is 0 Å². The Kier molecular flexibility index (Phi) is 5.67. The summed E-state index contributed by atoms with van der Waals surface area (Å²) in [5, 5.41) is 8.88. The summed E-state index contributed by atoms with van der Waals surface area (Å²) >= 11 is 0. The molecule has 6 nitrogen and oxygen atoms in total. The minimum absolute atomic E-state index is 0.0663. The van der Waals surface area contributed by atoms with Gasteiger partial charge in [0.25, 0.3) is 0 Å². The first kappa shape index (κ1) is 18.9. The van der Waals surface area contributed by atoms with Gasteiger partial charge < -0.3 is 5.11 Å². The molecule has 1 aliphatic heterocycles. The van der Waals surface area contributed by atoms with Crippen molar-refractivity contribution in [3.8, 4) is 0 Å². The molecule has 1 heterocycles. The number of rotatable bonds is 6. The molecule has 0 spiro atoms. The number of carbonyl (C=O) groups is 1. The van der Waals surface area contributed by atoms with Crippen LogP contribution in [0.15, 0.2) is 29.2 Å². The lowest BCUT2D eigenvalue weighted by Crippen LogP contribution is -2.54. The van der Waals surface area contributed by atoms with E-state index < -0.39 is 16.0 Å². The average Bonchev–Trinajstić information content (AvgIpc) is 2.53. The Bertz CT molecular complexity index is 683. The highest BCUT2D eigenvalue weighted by molar-refractivity contribution is 7.89. The van der Waals surface area contributed by atoms with Gasteiger partial charge in [0.2, 0.25) is 10.0 Å². The summed E-state index contributed by atoms with van der Waals surface area (Å²) in [5.41, 5.74) is -0.209. The normalized spacial score (nSPS) is 20.0. The van der Waals surface area contributed by atoms with E-state index in [1.165, 1.54) is 30.7 Å². The van der Waals surface area contributed by atoms with Gasteiger partial charge in [0, 0.05) is 18.6 Å². The third-order valence-corrected chi connectivity index (χ3v) is 6.04. The quantitative estimate of drug-likeness (QED) is 0.818. The van der Waals surface area contributed by atoms with Crippen molar-refractivity contribution in [2.75, 3.05) is 19.6 Å². The van der Waals surface area contributed by atoms with E-state index in [1.807, 2.05) is 13.8 Å². The Labute approximate surface area is 143 Å². The van der Waals surface area contributed by atoms with Crippen LogP contribution in [0, 0.1) is 5.92 Å². The average molecular weight is 354 g/mol. The SMILES string of the molecule is C[C@H]1CCCN(C(C)(C)CNS(=O)(=O)c2ccc(C(=O)O)cc2)C1. The fraction of sp³-hybridized carbons (Fsp3) is 0.588. The van der Waals surface area contributed by atoms with Crippen LogP contribution in [0.4, 0.5) is 0 Å². The molecule has 1 saturated heterocycles. The van der Waals surface area contributed by atoms with E-state index in [4.69, 9.17) is 5.11 Å². The van der Waals surface area contributed by atoms with Crippen LogP contribution in [0.25, 0.3) is 0 Å². The molecule has 0 bridgehead atoms. The molecule has 24 heavy (non-hydrogen) atoms. The molecule has 0 saturated carbocycles. The minimum atomic E-state index is -3.66. The first-order valence-electron chi connectivity index (χ1n) is 8.20. The Hall–Kier alpha value is -1.44. The molecule has 0 radical (unpaired) electrons. The number of aromatic carboxylic acids is 1. The fourth-order valence-electron chi connectivity index (χ4n) is 2.98. The summed E-state index contributed by atoms with van der Waals surface area (Å²) in [6.07, 6.45) is 2.35. The van der Waals surface area contributed by atoms with Crippen molar-refractivity contribution in [2.24, 2.45) is 5.92 Å². The number of carboxylic acid groups (broad SMARTS) is 1. The number of nitrogens with one attached hydrogen (secondary N) is 1. The molecule has 2 rings (SSSR count). The maximum absolute atomic E-state index is 12.4. The number of benzene rings is 1. The predicted molar refractivity (Wildman–Crippen MR) is 92.6 cm³/mol. The highest BCUT2D eigenvalue weighted by Gasteiger charge is 2.31. The number of likely N-dealkylation sites (tertiary alicyclic amines) is 1. The predicted octanol–water partition coefficient (Wildman–Crippen LogP) is 2.17. The van der Waals surface area contributed by atoms with Crippen LogP contribution in [-0.2, 0) is 10.0 Å². The maximum atomic E-state index is 12.4. The van der Waals surface area contributed by atoms with E-state index in [-0.39, 0.29) is 16.0 Å². The lowest BCUT2D eigenvalue weighted by Gasteiger charge is -2.43. The largest absolute Gasteiger partial charge is 0.478 e. The Morgan fingerprint density at radius 1 is 1.33 bits per heavy atom. The molecular formula is C17H26N2O4S. The molecule has 134 valence electrons. The molecular weight excluding hydrogens is 328 g/mol. The third kappa shape index (κ3) is 4.55. The van der Waals surface area contributed by atoms with E-state index in [0.717, 1.165) is 19.5 Å². The van der Waals surface area contributed by atoms with Gasteiger partial charge in [-0.2, -0.15) is 0 Å². The van der Waals surface area contributed by atoms with Crippen LogP contribution in [0.3, 0.4) is 0 Å². The van der Waals surface area contributed by atoms with Crippen molar-refractivity contribution < 1.29 is 18.3 Å². The lowest BCUT2D eigenvalue weighted by molar-refractivity contribution is 0.0696. The summed E-state index contributed by atoms with van der Waals surface area (Å²) in [6, 6.07) is 5.24. The van der Waals surface area contributed by atoms with E-state index in [0.29, 0.717) is 12.5 Å². The van der Waals surface area contributed by atoms with Crippen molar-refractivity contribution in [3.05, 3.63) is 29.8 Å². The zero-order valence-electron chi connectivity index (χ0n) is 14.4. The Balaban J connectivity index is 2.04. The molecule has 1 atom stereocenters. The van der Waals surface area contributed by atoms with Gasteiger partial charge in [-0.1, -0.05) is 6.92 Å². The molecule has 7 heteroatoms. The molecule has 1 fully saturated rings. The summed E-state index contributed by atoms with van der Waals surface area (Å²) in [7, 11) is -3.66. The number of nitrogens with zero attached hydrogens (tertiary/aromatic N) is 1. The second-order valence-electron chi connectivity index (χ2n) is 7.16. The van der Waals surface area contributed by atoms with Crippen molar-refractivity contribution in [1.29, 1.82) is 0 Å². The smallest absolute Gasteiger partial charge is 0.335 e. The van der Waals surface area contributed by atoms with E-state index in [2.05, 4.69) is 16.5 Å². The van der Waals surface area contributed by atoms with Crippen molar-refractivity contribution in [2.45, 2.75) is 44.0 Å². The molecule has 1 aromatic carbocycles. The zero-order chi connectivity index (χ0) is 18.0. The Morgan fingerprint density at radius 3 is 2.50 bits per heavy atom. The van der Waals surface area contributed by atoms with Crippen molar-refractivity contribution in [1.82, 2.24) is 9.62 Å². The van der Waals surface area contributed by atoms with E-state index in [1.54, 1.807) is 0 Å². The molecule has 1 aromatic rings. The van der Waals surface area contributed by atoms with Gasteiger partial charge in [-0.3, -0.25) is 4.90 Å². The van der Waals surface area contributed by atoms with Gasteiger partial charge in [0.1, 0.15) is 0 Å². The van der Waals surface area contributed by atoms with Crippen molar-refractivity contribution >= 4 is 16.0 Å². The highest BCUT2D eigenvalue weighted by atomic mass is 32.2. The van der Waals surface area contributed by atoms with Crippen LogP contribution in [0.5, 0.6) is 0 Å². The van der Waals surface area contributed by atoms with E-state index >= 15 is 0 Å². The molecule has 1 aliphatic rings. The van der Waals surface area contributed by atoms with Crippen LogP contribution in [-0.4, -0.2) is 49.6 Å². The first-order valence-corrected chi connectivity index (χ1v) is 9.68. The van der Waals surface area contributed by atoms with Crippen LogP contribution in [0.1, 0.15) is 44.0 Å². The molecule has 0 aliphatic carbocycles. The van der Waals surface area contributed by atoms with Crippen molar-refractivity contribution in [3.63, 3.8) is 0 Å². The summed E-state index contributed by atoms with van der Waals surface area (Å²) < 4.78 is 27.5. The Morgan fingerprint density at radius 2 is 1.96 bits per heavy atom. The molecule has 0 unspecified atom stereocenters. The van der Waals surface area contributed by atoms with Gasteiger partial charge in [0.15, 0.2) is 0 Å². The standard InChI is InChI=1S/C17H26N2O4S/c1-13-5-4-10-19(11-13)17(2,3)12-18-24(22,23)15-8-6-14(7-9-15)16(20)21/h6-9,13,18H,4-5,10-12H2,1-3H3,(H,20,21)/t13-/m0/s1. The maximum Gasteiger partial charge on any atom is 0.335 e. The number of hydrogen-bond acceptors (Lipinski definition) is 4.